The summed E-state index contributed by atoms with van der Waals surface area (Å²) in [6, 6.07) is 10.4. The van der Waals surface area contributed by atoms with E-state index in [2.05, 4.69) is 68.4 Å². The van der Waals surface area contributed by atoms with E-state index in [1.165, 1.54) is 5.56 Å². The number of benzene rings is 1. The summed E-state index contributed by atoms with van der Waals surface area (Å²) < 4.78 is 7.17. The Bertz CT molecular complexity index is 488. The van der Waals surface area contributed by atoms with Crippen molar-refractivity contribution in [3.05, 3.63) is 50.8 Å². The molecule has 0 bridgehead atoms. The number of hydrogen-bond acceptors (Lipinski definition) is 2. The van der Waals surface area contributed by atoms with Crippen LogP contribution in [0, 0.1) is 0 Å². The maximum Gasteiger partial charge on any atom is 0.183 e. The highest BCUT2D eigenvalue weighted by Crippen LogP contribution is 2.27. The van der Waals surface area contributed by atoms with Crippen LogP contribution in [0.4, 0.5) is 5.69 Å². The average molecular weight is 359 g/mol. The number of halogens is 2. The quantitative estimate of drug-likeness (QED) is 0.833. The summed E-state index contributed by atoms with van der Waals surface area (Å²) >= 11 is 6.72. The van der Waals surface area contributed by atoms with Crippen molar-refractivity contribution in [1.82, 2.24) is 0 Å². The molecule has 4 heteroatoms. The van der Waals surface area contributed by atoms with Gasteiger partial charge in [0.05, 0.1) is 11.0 Å². The molecule has 0 fully saturated rings. The molecule has 2 nitrogen and oxygen atoms in total. The zero-order chi connectivity index (χ0) is 12.3. The van der Waals surface area contributed by atoms with Gasteiger partial charge in [-0.2, -0.15) is 0 Å². The van der Waals surface area contributed by atoms with E-state index in [4.69, 9.17) is 4.42 Å². The number of furan rings is 1. The second kappa shape index (κ2) is 5.74. The molecule has 0 saturated heterocycles. The van der Waals surface area contributed by atoms with Gasteiger partial charge in [-0.3, -0.25) is 0 Å². The fourth-order valence-electron chi connectivity index (χ4n) is 1.57. The van der Waals surface area contributed by atoms with Crippen LogP contribution in [-0.4, -0.2) is 0 Å². The van der Waals surface area contributed by atoms with Crippen LogP contribution in [-0.2, 0) is 13.0 Å². The van der Waals surface area contributed by atoms with Gasteiger partial charge in [-0.25, -0.2) is 0 Å². The maximum absolute atomic E-state index is 5.50. The van der Waals surface area contributed by atoms with Gasteiger partial charge in [0.1, 0.15) is 5.76 Å². The Morgan fingerprint density at radius 2 is 2.06 bits per heavy atom. The summed E-state index contributed by atoms with van der Waals surface area (Å²) in [5.74, 6) is 0.894. The van der Waals surface area contributed by atoms with Crippen molar-refractivity contribution in [2.24, 2.45) is 0 Å². The van der Waals surface area contributed by atoms with Crippen LogP contribution in [0.2, 0.25) is 0 Å². The molecule has 2 rings (SSSR count). The summed E-state index contributed by atoms with van der Waals surface area (Å²) in [4.78, 5) is 0. The lowest BCUT2D eigenvalue weighted by atomic mass is 10.1. The van der Waals surface area contributed by atoms with E-state index in [0.29, 0.717) is 6.54 Å². The highest BCUT2D eigenvalue weighted by atomic mass is 79.9. The predicted octanol–water partition coefficient (Wildman–Crippen LogP) is 4.98. The first kappa shape index (κ1) is 12.7. The van der Waals surface area contributed by atoms with Gasteiger partial charge in [-0.05, 0) is 62.0 Å². The molecule has 0 spiro atoms. The minimum absolute atomic E-state index is 0.678. The molecular formula is C13H13Br2NO. The molecule has 17 heavy (non-hydrogen) atoms. The molecule has 2 aromatic rings. The van der Waals surface area contributed by atoms with Crippen molar-refractivity contribution >= 4 is 37.5 Å². The Balaban J connectivity index is 2.01. The molecule has 0 aliphatic heterocycles. The van der Waals surface area contributed by atoms with Crippen molar-refractivity contribution in [3.8, 4) is 0 Å². The fraction of sp³-hybridized carbons (Fsp3) is 0.231. The minimum Gasteiger partial charge on any atom is -0.451 e. The minimum atomic E-state index is 0.678. The van der Waals surface area contributed by atoms with E-state index in [9.17, 15) is 0 Å². The number of nitrogens with one attached hydrogen (secondary N) is 1. The SMILES string of the molecule is CCc1cccc(NCc2cc(Br)c(Br)o2)c1. The summed E-state index contributed by atoms with van der Waals surface area (Å²) in [5.41, 5.74) is 2.45. The standard InChI is InChI=1S/C13H13Br2NO/c1-2-9-4-3-5-10(6-9)16-8-11-7-12(14)13(15)17-11/h3-7,16H,2,8H2,1H3. The van der Waals surface area contributed by atoms with Gasteiger partial charge in [0.15, 0.2) is 4.67 Å². The van der Waals surface area contributed by atoms with Crippen LogP contribution in [0.15, 0.2) is 43.9 Å². The number of aryl methyl sites for hydroxylation is 1. The third kappa shape index (κ3) is 3.36. The summed E-state index contributed by atoms with van der Waals surface area (Å²) in [6.45, 7) is 2.83. The van der Waals surface area contributed by atoms with E-state index in [-0.39, 0.29) is 0 Å². The van der Waals surface area contributed by atoms with Crippen molar-refractivity contribution in [2.45, 2.75) is 19.9 Å². The van der Waals surface area contributed by atoms with E-state index in [1.54, 1.807) is 0 Å². The van der Waals surface area contributed by atoms with Crippen LogP contribution < -0.4 is 5.32 Å². The van der Waals surface area contributed by atoms with Crippen LogP contribution in [0.3, 0.4) is 0 Å². The first-order valence-electron chi connectivity index (χ1n) is 5.45. The summed E-state index contributed by atoms with van der Waals surface area (Å²) in [6.07, 6.45) is 1.05. The Morgan fingerprint density at radius 3 is 2.71 bits per heavy atom. The van der Waals surface area contributed by atoms with Gasteiger partial charge in [0.25, 0.3) is 0 Å². The average Bonchev–Trinajstić information content (AvgIpc) is 2.67. The Labute approximate surface area is 118 Å². The number of hydrogen-bond donors (Lipinski definition) is 1. The maximum atomic E-state index is 5.50. The zero-order valence-electron chi connectivity index (χ0n) is 9.47. The van der Waals surface area contributed by atoms with Gasteiger partial charge >= 0.3 is 0 Å². The molecule has 0 aliphatic rings. The van der Waals surface area contributed by atoms with Crippen molar-refractivity contribution < 1.29 is 4.42 Å². The van der Waals surface area contributed by atoms with Crippen LogP contribution >= 0.6 is 31.9 Å². The molecule has 1 heterocycles. The Hall–Kier alpha value is -0.740. The first-order chi connectivity index (χ1) is 8.19. The smallest absolute Gasteiger partial charge is 0.183 e. The van der Waals surface area contributed by atoms with Gasteiger partial charge in [0, 0.05) is 5.69 Å². The monoisotopic (exact) mass is 357 g/mol. The molecule has 1 aromatic carbocycles. The molecule has 0 aliphatic carbocycles. The molecule has 0 atom stereocenters. The lowest BCUT2D eigenvalue weighted by molar-refractivity contribution is 0.494. The topological polar surface area (TPSA) is 25.2 Å². The number of rotatable bonds is 4. The molecule has 0 saturated carbocycles. The Morgan fingerprint density at radius 1 is 1.24 bits per heavy atom. The molecule has 1 N–H and O–H groups in total. The van der Waals surface area contributed by atoms with Crippen molar-refractivity contribution in [1.29, 1.82) is 0 Å². The molecule has 0 radical (unpaired) electrons. The van der Waals surface area contributed by atoms with Gasteiger partial charge in [0.2, 0.25) is 0 Å². The second-order valence-corrected chi connectivity index (χ2v) is 5.32. The fourth-order valence-corrected chi connectivity index (χ4v) is 2.23. The van der Waals surface area contributed by atoms with E-state index in [0.717, 1.165) is 27.0 Å². The van der Waals surface area contributed by atoms with Gasteiger partial charge in [-0.15, -0.1) is 0 Å². The third-order valence-electron chi connectivity index (χ3n) is 2.50. The molecule has 90 valence electrons. The highest BCUT2D eigenvalue weighted by molar-refractivity contribution is 9.13. The first-order valence-corrected chi connectivity index (χ1v) is 7.04. The van der Waals surface area contributed by atoms with Gasteiger partial charge in [-0.1, -0.05) is 19.1 Å². The van der Waals surface area contributed by atoms with E-state index >= 15 is 0 Å². The van der Waals surface area contributed by atoms with Crippen molar-refractivity contribution in [2.75, 3.05) is 5.32 Å². The zero-order valence-corrected chi connectivity index (χ0v) is 12.6. The molecule has 0 unspecified atom stereocenters. The van der Waals surface area contributed by atoms with Crippen LogP contribution in [0.5, 0.6) is 0 Å². The van der Waals surface area contributed by atoms with Gasteiger partial charge < -0.3 is 9.73 Å². The van der Waals surface area contributed by atoms with Crippen molar-refractivity contribution in [3.63, 3.8) is 0 Å². The predicted molar refractivity (Wildman–Crippen MR) is 77.3 cm³/mol. The number of anilines is 1. The third-order valence-corrected chi connectivity index (χ3v) is 4.21. The largest absolute Gasteiger partial charge is 0.451 e. The van der Waals surface area contributed by atoms with Crippen LogP contribution in [0.25, 0.3) is 0 Å². The second-order valence-electron chi connectivity index (χ2n) is 3.74. The lowest BCUT2D eigenvalue weighted by Crippen LogP contribution is -1.98. The highest BCUT2D eigenvalue weighted by Gasteiger charge is 2.05. The Kier molecular flexibility index (Phi) is 4.29. The normalized spacial score (nSPS) is 10.5. The molecule has 1 aromatic heterocycles. The van der Waals surface area contributed by atoms with E-state index in [1.807, 2.05) is 6.07 Å². The van der Waals surface area contributed by atoms with Crippen LogP contribution in [0.1, 0.15) is 18.2 Å². The summed E-state index contributed by atoms with van der Waals surface area (Å²) in [5, 5.41) is 3.34. The summed E-state index contributed by atoms with van der Waals surface area (Å²) in [7, 11) is 0. The lowest BCUT2D eigenvalue weighted by Gasteiger charge is -2.05. The molecule has 0 amide bonds. The molecular weight excluding hydrogens is 346 g/mol. The van der Waals surface area contributed by atoms with E-state index < -0.39 is 0 Å².